The molecule has 0 saturated heterocycles. The molecule has 2 N–H and O–H groups in total. The van der Waals surface area contributed by atoms with Gasteiger partial charge >= 0.3 is 0 Å². The topological polar surface area (TPSA) is 32.3 Å². The Kier molecular flexibility index (Phi) is 6.90. The Bertz CT molecular complexity index is 206. The summed E-state index contributed by atoms with van der Waals surface area (Å²) in [6, 6.07) is 0. The molecule has 102 valence electrons. The minimum absolute atomic E-state index is 0.101. The van der Waals surface area contributed by atoms with Crippen molar-refractivity contribution in [1.29, 1.82) is 0 Å². The van der Waals surface area contributed by atoms with E-state index >= 15 is 0 Å². The van der Waals surface area contributed by atoms with Gasteiger partial charge in [-0.15, -0.1) is 0 Å². The van der Waals surface area contributed by atoms with Crippen LogP contribution >= 0.6 is 11.8 Å². The molecular weight excluding hydrogens is 230 g/mol. The van der Waals surface area contributed by atoms with Crippen molar-refractivity contribution in [2.75, 3.05) is 13.2 Å². The van der Waals surface area contributed by atoms with E-state index in [4.69, 9.17) is 0 Å². The maximum Gasteiger partial charge on any atom is 0.0611 e. The van der Waals surface area contributed by atoms with Gasteiger partial charge in [-0.1, -0.05) is 33.1 Å². The smallest absolute Gasteiger partial charge is 0.0611 e. The van der Waals surface area contributed by atoms with E-state index in [-0.39, 0.29) is 12.1 Å². The first-order valence-corrected chi connectivity index (χ1v) is 8.05. The summed E-state index contributed by atoms with van der Waals surface area (Å²) < 4.78 is 0. The highest BCUT2D eigenvalue weighted by Gasteiger charge is 2.26. The molecule has 1 rings (SSSR count). The highest BCUT2D eigenvalue weighted by atomic mass is 32.2. The Morgan fingerprint density at radius 1 is 1.35 bits per heavy atom. The summed E-state index contributed by atoms with van der Waals surface area (Å²) in [6.07, 6.45) is 8.09. The van der Waals surface area contributed by atoms with Crippen LogP contribution in [0.15, 0.2) is 0 Å². The zero-order chi connectivity index (χ0) is 12.7. The number of likely N-dealkylation sites (N-methyl/N-ethyl adjacent to an activating group) is 1. The first-order chi connectivity index (χ1) is 8.09. The van der Waals surface area contributed by atoms with E-state index in [1.165, 1.54) is 32.1 Å². The molecule has 3 heteroatoms. The minimum Gasteiger partial charge on any atom is -0.394 e. The number of thioether (sulfide) groups is 1. The summed E-state index contributed by atoms with van der Waals surface area (Å²) in [6.45, 7) is 7.71. The fourth-order valence-electron chi connectivity index (χ4n) is 2.83. The highest BCUT2D eigenvalue weighted by Crippen LogP contribution is 2.33. The lowest BCUT2D eigenvalue weighted by Crippen LogP contribution is -2.47. The first-order valence-electron chi connectivity index (χ1n) is 7.11. The molecule has 0 spiro atoms. The normalized spacial score (nSPS) is 23.3. The standard InChI is InChI=1S/C14H29NOS/c1-4-15-14(3,11-16)10-12(2)17-13-8-6-5-7-9-13/h12-13,15-16H,4-11H2,1-3H3. The Labute approximate surface area is 111 Å². The second-order valence-corrected chi connectivity index (χ2v) is 7.40. The predicted octanol–water partition coefficient (Wildman–Crippen LogP) is 3.19. The van der Waals surface area contributed by atoms with Gasteiger partial charge in [0.25, 0.3) is 0 Å². The van der Waals surface area contributed by atoms with Crippen LogP contribution in [0.5, 0.6) is 0 Å². The molecule has 0 heterocycles. The zero-order valence-corrected chi connectivity index (χ0v) is 12.5. The molecule has 0 radical (unpaired) electrons. The second-order valence-electron chi connectivity index (χ2n) is 5.66. The van der Waals surface area contributed by atoms with Gasteiger partial charge in [0.15, 0.2) is 0 Å². The average Bonchev–Trinajstić information content (AvgIpc) is 2.30. The molecule has 0 aromatic carbocycles. The van der Waals surface area contributed by atoms with E-state index in [1.807, 2.05) is 0 Å². The molecular formula is C14H29NOS. The van der Waals surface area contributed by atoms with Crippen molar-refractivity contribution in [2.45, 2.75) is 75.3 Å². The Balaban J connectivity index is 2.33. The van der Waals surface area contributed by atoms with Gasteiger partial charge in [0.05, 0.1) is 6.61 Å². The van der Waals surface area contributed by atoms with Crippen LogP contribution < -0.4 is 5.32 Å². The summed E-state index contributed by atoms with van der Waals surface area (Å²) in [5.41, 5.74) is -0.101. The molecule has 17 heavy (non-hydrogen) atoms. The monoisotopic (exact) mass is 259 g/mol. The minimum atomic E-state index is -0.101. The third-order valence-corrected chi connectivity index (χ3v) is 5.16. The van der Waals surface area contributed by atoms with Crippen LogP contribution in [0.1, 0.15) is 59.3 Å². The van der Waals surface area contributed by atoms with Crippen molar-refractivity contribution < 1.29 is 5.11 Å². The number of aliphatic hydroxyl groups excluding tert-OH is 1. The molecule has 1 saturated carbocycles. The van der Waals surface area contributed by atoms with Gasteiger partial charge in [0.1, 0.15) is 0 Å². The lowest BCUT2D eigenvalue weighted by atomic mass is 9.97. The van der Waals surface area contributed by atoms with E-state index in [0.717, 1.165) is 18.2 Å². The van der Waals surface area contributed by atoms with Gasteiger partial charge in [0.2, 0.25) is 0 Å². The number of hydrogen-bond acceptors (Lipinski definition) is 3. The molecule has 2 nitrogen and oxygen atoms in total. The van der Waals surface area contributed by atoms with Crippen molar-refractivity contribution in [3.8, 4) is 0 Å². The van der Waals surface area contributed by atoms with Gasteiger partial charge < -0.3 is 10.4 Å². The van der Waals surface area contributed by atoms with Crippen LogP contribution in [0.3, 0.4) is 0 Å². The molecule has 2 atom stereocenters. The van der Waals surface area contributed by atoms with E-state index in [1.54, 1.807) is 0 Å². The van der Waals surface area contributed by atoms with Crippen molar-refractivity contribution in [1.82, 2.24) is 5.32 Å². The van der Waals surface area contributed by atoms with Gasteiger partial charge in [-0.2, -0.15) is 11.8 Å². The molecule has 0 amide bonds. The fourth-order valence-corrected chi connectivity index (χ4v) is 4.56. The van der Waals surface area contributed by atoms with Gasteiger partial charge in [-0.25, -0.2) is 0 Å². The Morgan fingerprint density at radius 3 is 2.53 bits per heavy atom. The fraction of sp³-hybridized carbons (Fsp3) is 1.00. The highest BCUT2D eigenvalue weighted by molar-refractivity contribution is 8.00. The third-order valence-electron chi connectivity index (χ3n) is 3.67. The van der Waals surface area contributed by atoms with Crippen molar-refractivity contribution in [3.05, 3.63) is 0 Å². The van der Waals surface area contributed by atoms with Gasteiger partial charge in [-0.3, -0.25) is 0 Å². The van der Waals surface area contributed by atoms with Crippen molar-refractivity contribution >= 4 is 11.8 Å². The molecule has 1 aliphatic rings. The lowest BCUT2D eigenvalue weighted by molar-refractivity contribution is 0.168. The van der Waals surface area contributed by atoms with Crippen LogP contribution in [-0.4, -0.2) is 34.3 Å². The van der Waals surface area contributed by atoms with Crippen LogP contribution in [0.4, 0.5) is 0 Å². The van der Waals surface area contributed by atoms with Crippen molar-refractivity contribution in [3.63, 3.8) is 0 Å². The van der Waals surface area contributed by atoms with Crippen LogP contribution in [0.25, 0.3) is 0 Å². The summed E-state index contributed by atoms with van der Waals surface area (Å²) in [5.74, 6) is 0. The Morgan fingerprint density at radius 2 is 2.00 bits per heavy atom. The Hall–Kier alpha value is 0.270. The van der Waals surface area contributed by atoms with E-state index in [2.05, 4.69) is 37.8 Å². The molecule has 0 bridgehead atoms. The second kappa shape index (κ2) is 7.65. The SMILES string of the molecule is CCNC(C)(CO)CC(C)SC1CCCCC1. The van der Waals surface area contributed by atoms with Crippen LogP contribution in [0, 0.1) is 0 Å². The maximum absolute atomic E-state index is 9.50. The zero-order valence-electron chi connectivity index (χ0n) is 11.7. The van der Waals surface area contributed by atoms with E-state index in [0.29, 0.717) is 5.25 Å². The summed E-state index contributed by atoms with van der Waals surface area (Å²) >= 11 is 2.14. The molecule has 1 aliphatic carbocycles. The first kappa shape index (κ1) is 15.3. The number of aliphatic hydroxyl groups is 1. The van der Waals surface area contributed by atoms with Gasteiger partial charge in [-0.05, 0) is 32.7 Å². The van der Waals surface area contributed by atoms with E-state index in [9.17, 15) is 5.11 Å². The maximum atomic E-state index is 9.50. The average molecular weight is 259 g/mol. The molecule has 0 aliphatic heterocycles. The predicted molar refractivity (Wildman–Crippen MR) is 77.7 cm³/mol. The quantitative estimate of drug-likeness (QED) is 0.736. The number of hydrogen-bond donors (Lipinski definition) is 2. The summed E-state index contributed by atoms with van der Waals surface area (Å²) in [4.78, 5) is 0. The summed E-state index contributed by atoms with van der Waals surface area (Å²) in [7, 11) is 0. The molecule has 1 fully saturated rings. The molecule has 0 aromatic heterocycles. The van der Waals surface area contributed by atoms with Crippen LogP contribution in [0.2, 0.25) is 0 Å². The largest absolute Gasteiger partial charge is 0.394 e. The van der Waals surface area contributed by atoms with Crippen LogP contribution in [-0.2, 0) is 0 Å². The molecule has 0 aromatic rings. The number of rotatable bonds is 7. The lowest BCUT2D eigenvalue weighted by Gasteiger charge is -2.33. The third kappa shape index (κ3) is 5.62. The number of nitrogens with one attached hydrogen (secondary N) is 1. The van der Waals surface area contributed by atoms with Gasteiger partial charge in [0, 0.05) is 16.0 Å². The van der Waals surface area contributed by atoms with E-state index < -0.39 is 0 Å². The molecule has 2 unspecified atom stereocenters. The van der Waals surface area contributed by atoms with Crippen molar-refractivity contribution in [2.24, 2.45) is 0 Å². The summed E-state index contributed by atoms with van der Waals surface area (Å²) in [5, 5.41) is 14.4.